The first-order chi connectivity index (χ1) is 5.75. The third-order valence-electron chi connectivity index (χ3n) is 1.65. The molecule has 0 radical (unpaired) electrons. The highest BCUT2D eigenvalue weighted by Crippen LogP contribution is 2.16. The van der Waals surface area contributed by atoms with Gasteiger partial charge in [0.2, 0.25) is 11.8 Å². The minimum Gasteiger partial charge on any atom is -0.368 e. The number of carbonyl (C=O) groups excluding carboxylic acids is 2. The number of nitrogens with two attached hydrogens (primary N) is 2. The topological polar surface area (TPSA) is 98.2 Å². The van der Waals surface area contributed by atoms with E-state index >= 15 is 0 Å². The molecule has 0 aliphatic carbocycles. The van der Waals surface area contributed by atoms with Crippen molar-refractivity contribution in [3.05, 3.63) is 0 Å². The number of hydrogen-bond donors (Lipinski definition) is 3. The van der Waals surface area contributed by atoms with Crippen LogP contribution >= 0.6 is 12.4 Å². The maximum Gasteiger partial charge on any atom is 0.237 e. The molecule has 0 bridgehead atoms. The largest absolute Gasteiger partial charge is 0.368 e. The van der Waals surface area contributed by atoms with Crippen LogP contribution in [0.5, 0.6) is 0 Å². The molecule has 1 atom stereocenters. The number of hydrogen-bond acceptors (Lipinski definition) is 3. The first-order valence-electron chi connectivity index (χ1n) is 4.06. The van der Waals surface area contributed by atoms with Gasteiger partial charge in [-0.1, -0.05) is 20.8 Å². The number of amides is 2. The van der Waals surface area contributed by atoms with Crippen LogP contribution in [0.15, 0.2) is 0 Å². The SMILES string of the molecule is CC(C)(C)C(N)C(=O)NCC(N)=O.Cl. The second-order valence-corrected chi connectivity index (χ2v) is 4.03. The summed E-state index contributed by atoms with van der Waals surface area (Å²) in [4.78, 5) is 21.6. The molecule has 14 heavy (non-hydrogen) atoms. The molecule has 0 rings (SSSR count). The van der Waals surface area contributed by atoms with Gasteiger partial charge in [0.1, 0.15) is 0 Å². The number of carbonyl (C=O) groups is 2. The van der Waals surface area contributed by atoms with Gasteiger partial charge in [0.25, 0.3) is 0 Å². The van der Waals surface area contributed by atoms with E-state index in [1.54, 1.807) is 0 Å². The van der Waals surface area contributed by atoms with Crippen LogP contribution < -0.4 is 16.8 Å². The predicted octanol–water partition coefficient (Wildman–Crippen LogP) is -0.617. The maximum atomic E-state index is 11.3. The third kappa shape index (κ3) is 5.77. The van der Waals surface area contributed by atoms with Gasteiger partial charge in [-0.25, -0.2) is 0 Å². The fourth-order valence-corrected chi connectivity index (χ4v) is 0.677. The summed E-state index contributed by atoms with van der Waals surface area (Å²) in [6.07, 6.45) is 0. The Morgan fingerprint density at radius 1 is 1.36 bits per heavy atom. The average Bonchev–Trinajstić information content (AvgIpc) is 1.96. The highest BCUT2D eigenvalue weighted by Gasteiger charge is 2.27. The highest BCUT2D eigenvalue weighted by molar-refractivity contribution is 5.87. The van der Waals surface area contributed by atoms with Crippen molar-refractivity contribution in [1.82, 2.24) is 5.32 Å². The lowest BCUT2D eigenvalue weighted by Gasteiger charge is -2.25. The fraction of sp³-hybridized carbons (Fsp3) is 0.750. The zero-order valence-electron chi connectivity index (χ0n) is 8.66. The lowest BCUT2D eigenvalue weighted by Crippen LogP contribution is -2.50. The van der Waals surface area contributed by atoms with E-state index < -0.39 is 11.9 Å². The third-order valence-corrected chi connectivity index (χ3v) is 1.65. The van der Waals surface area contributed by atoms with E-state index in [-0.39, 0.29) is 30.3 Å². The van der Waals surface area contributed by atoms with Crippen LogP contribution in [-0.2, 0) is 9.59 Å². The molecule has 0 heterocycles. The average molecular weight is 224 g/mol. The lowest BCUT2D eigenvalue weighted by molar-refractivity contribution is -0.127. The molecular weight excluding hydrogens is 206 g/mol. The van der Waals surface area contributed by atoms with Crippen LogP contribution in [0.1, 0.15) is 20.8 Å². The Hall–Kier alpha value is -0.810. The number of rotatable bonds is 3. The Bertz CT molecular complexity index is 213. The molecule has 0 aliphatic heterocycles. The smallest absolute Gasteiger partial charge is 0.237 e. The summed E-state index contributed by atoms with van der Waals surface area (Å²) >= 11 is 0. The maximum absolute atomic E-state index is 11.3. The molecule has 0 aromatic rings. The van der Waals surface area contributed by atoms with Gasteiger partial charge in [0.15, 0.2) is 0 Å². The van der Waals surface area contributed by atoms with Crippen LogP contribution in [-0.4, -0.2) is 24.4 Å². The number of primary amides is 1. The predicted molar refractivity (Wildman–Crippen MR) is 56.9 cm³/mol. The van der Waals surface area contributed by atoms with Gasteiger partial charge in [-0.3, -0.25) is 9.59 Å². The van der Waals surface area contributed by atoms with Gasteiger partial charge in [-0.05, 0) is 5.41 Å². The van der Waals surface area contributed by atoms with Crippen molar-refractivity contribution in [1.29, 1.82) is 0 Å². The lowest BCUT2D eigenvalue weighted by atomic mass is 9.87. The Morgan fingerprint density at radius 2 is 1.79 bits per heavy atom. The van der Waals surface area contributed by atoms with Gasteiger partial charge >= 0.3 is 0 Å². The van der Waals surface area contributed by atoms with Gasteiger partial charge in [0.05, 0.1) is 12.6 Å². The summed E-state index contributed by atoms with van der Waals surface area (Å²) in [7, 11) is 0. The van der Waals surface area contributed by atoms with Crippen molar-refractivity contribution in [2.45, 2.75) is 26.8 Å². The molecule has 5 nitrogen and oxygen atoms in total. The Morgan fingerprint density at radius 3 is 2.07 bits per heavy atom. The van der Waals surface area contributed by atoms with Gasteiger partial charge in [-0.15, -0.1) is 12.4 Å². The molecule has 0 aliphatic rings. The van der Waals surface area contributed by atoms with E-state index in [2.05, 4.69) is 5.32 Å². The molecule has 1 unspecified atom stereocenters. The molecule has 0 aromatic carbocycles. The normalized spacial score (nSPS) is 12.6. The van der Waals surface area contributed by atoms with Gasteiger partial charge in [0, 0.05) is 0 Å². The van der Waals surface area contributed by atoms with Crippen molar-refractivity contribution in [2.75, 3.05) is 6.54 Å². The van der Waals surface area contributed by atoms with Crippen LogP contribution in [0, 0.1) is 5.41 Å². The minimum absolute atomic E-state index is 0. The molecule has 0 saturated heterocycles. The summed E-state index contributed by atoms with van der Waals surface area (Å²) < 4.78 is 0. The van der Waals surface area contributed by atoms with E-state index in [9.17, 15) is 9.59 Å². The van der Waals surface area contributed by atoms with E-state index in [1.165, 1.54) is 0 Å². The van der Waals surface area contributed by atoms with E-state index in [0.717, 1.165) is 0 Å². The minimum atomic E-state index is -0.633. The first kappa shape index (κ1) is 15.7. The molecule has 0 fully saturated rings. The van der Waals surface area contributed by atoms with E-state index in [1.807, 2.05) is 20.8 Å². The molecule has 5 N–H and O–H groups in total. The summed E-state index contributed by atoms with van der Waals surface area (Å²) in [5.74, 6) is -0.930. The summed E-state index contributed by atoms with van der Waals surface area (Å²) in [5.41, 5.74) is 10.2. The van der Waals surface area contributed by atoms with E-state index in [4.69, 9.17) is 11.5 Å². The van der Waals surface area contributed by atoms with Crippen molar-refractivity contribution in [3.8, 4) is 0 Å². The monoisotopic (exact) mass is 223 g/mol. The molecule has 0 aromatic heterocycles. The van der Waals surface area contributed by atoms with Crippen LogP contribution in [0.3, 0.4) is 0 Å². The van der Waals surface area contributed by atoms with Crippen molar-refractivity contribution in [2.24, 2.45) is 16.9 Å². The summed E-state index contributed by atoms with van der Waals surface area (Å²) in [6.45, 7) is 5.38. The van der Waals surface area contributed by atoms with Crippen LogP contribution in [0.4, 0.5) is 0 Å². The number of nitrogens with one attached hydrogen (secondary N) is 1. The molecule has 84 valence electrons. The van der Waals surface area contributed by atoms with Crippen molar-refractivity contribution >= 4 is 24.2 Å². The van der Waals surface area contributed by atoms with Gasteiger partial charge < -0.3 is 16.8 Å². The van der Waals surface area contributed by atoms with Crippen LogP contribution in [0.2, 0.25) is 0 Å². The quantitative estimate of drug-likeness (QED) is 0.595. The highest BCUT2D eigenvalue weighted by atomic mass is 35.5. The standard InChI is InChI=1S/C8H17N3O2.ClH/c1-8(2,3)6(10)7(13)11-4-5(9)12;/h6H,4,10H2,1-3H3,(H2,9,12)(H,11,13);1H. The van der Waals surface area contributed by atoms with Crippen molar-refractivity contribution in [3.63, 3.8) is 0 Å². The Labute approximate surface area is 90.0 Å². The van der Waals surface area contributed by atoms with Gasteiger partial charge in [-0.2, -0.15) is 0 Å². The second kappa shape index (κ2) is 5.82. The zero-order chi connectivity index (χ0) is 10.6. The molecular formula is C8H18ClN3O2. The first-order valence-corrected chi connectivity index (χ1v) is 4.06. The van der Waals surface area contributed by atoms with Crippen LogP contribution in [0.25, 0.3) is 0 Å². The van der Waals surface area contributed by atoms with Crippen molar-refractivity contribution < 1.29 is 9.59 Å². The second-order valence-electron chi connectivity index (χ2n) is 4.03. The summed E-state index contributed by atoms with van der Waals surface area (Å²) in [6, 6.07) is -0.633. The van der Waals surface area contributed by atoms with E-state index in [0.29, 0.717) is 0 Å². The molecule has 6 heteroatoms. The molecule has 2 amide bonds. The molecule has 0 saturated carbocycles. The summed E-state index contributed by atoms with van der Waals surface area (Å²) in [5, 5.41) is 2.35. The Balaban J connectivity index is 0. The Kier molecular flexibility index (Phi) is 6.51. The molecule has 0 spiro atoms. The number of halogens is 1. The fourth-order valence-electron chi connectivity index (χ4n) is 0.677. The zero-order valence-corrected chi connectivity index (χ0v) is 9.48.